The lowest BCUT2D eigenvalue weighted by Crippen LogP contribution is -2.36. The molecule has 0 saturated carbocycles. The van der Waals surface area contributed by atoms with Crippen molar-refractivity contribution in [3.63, 3.8) is 0 Å². The molecule has 1 amide bonds. The molecule has 1 unspecified atom stereocenters. The Hall–Kier alpha value is -3.16. The fraction of sp³-hybridized carbons (Fsp3) is 0.227. The Morgan fingerprint density at radius 2 is 2.07 bits per heavy atom. The minimum absolute atomic E-state index is 0.0250. The summed E-state index contributed by atoms with van der Waals surface area (Å²) in [6.45, 7) is 0.886. The van der Waals surface area contributed by atoms with Gasteiger partial charge in [-0.2, -0.15) is 0 Å². The molecular formula is C22H20ClN3O4. The van der Waals surface area contributed by atoms with Gasteiger partial charge in [0.25, 0.3) is 5.91 Å². The maximum atomic E-state index is 13.4. The van der Waals surface area contributed by atoms with E-state index in [0.29, 0.717) is 34.8 Å². The topological polar surface area (TPSA) is 86.9 Å². The van der Waals surface area contributed by atoms with Gasteiger partial charge in [0.2, 0.25) is 5.78 Å². The van der Waals surface area contributed by atoms with Crippen LogP contribution in [-0.4, -0.2) is 58.8 Å². The highest BCUT2D eigenvalue weighted by Gasteiger charge is 2.45. The van der Waals surface area contributed by atoms with E-state index in [1.165, 1.54) is 4.90 Å². The fourth-order valence-electron chi connectivity index (χ4n) is 3.53. The van der Waals surface area contributed by atoms with E-state index in [1.54, 1.807) is 48.7 Å². The molecule has 2 aromatic heterocycles. The molecule has 1 N–H and O–H groups in total. The number of carbonyl (C=O) groups excluding carboxylic acids is 2. The van der Waals surface area contributed by atoms with Crippen LogP contribution in [0.3, 0.4) is 0 Å². The first-order valence-corrected chi connectivity index (χ1v) is 9.78. The van der Waals surface area contributed by atoms with Crippen LogP contribution in [0.1, 0.15) is 22.3 Å². The first kappa shape index (κ1) is 20.1. The predicted molar refractivity (Wildman–Crippen MR) is 112 cm³/mol. The number of hydrogen-bond acceptors (Lipinski definition) is 6. The van der Waals surface area contributed by atoms with Gasteiger partial charge in [-0.3, -0.25) is 14.6 Å². The van der Waals surface area contributed by atoms with Crippen molar-refractivity contribution < 1.29 is 19.1 Å². The number of carbonyl (C=O) groups is 2. The normalized spacial score (nSPS) is 16.9. The molecule has 0 fully saturated rings. The van der Waals surface area contributed by atoms with Gasteiger partial charge in [-0.05, 0) is 50.5 Å². The van der Waals surface area contributed by atoms with Gasteiger partial charge in [0.1, 0.15) is 11.6 Å². The van der Waals surface area contributed by atoms with Crippen molar-refractivity contribution in [1.82, 2.24) is 14.8 Å². The third kappa shape index (κ3) is 3.58. The highest BCUT2D eigenvalue weighted by Crippen LogP contribution is 2.38. The second-order valence-electron chi connectivity index (χ2n) is 7.34. The van der Waals surface area contributed by atoms with Crippen molar-refractivity contribution in [3.8, 4) is 0 Å². The van der Waals surface area contributed by atoms with Gasteiger partial charge in [0, 0.05) is 29.7 Å². The molecule has 1 aromatic carbocycles. The standard InChI is InChI=1S/C22H20ClN3O4/c1-25(2)9-10-26-19(15-5-3-4-8-24-15)18(21(28)22(26)29)20(27)17-12-13-11-14(23)6-7-16(13)30-17/h3-8,11-12,19,28H,9-10H2,1-2H3. The van der Waals surface area contributed by atoms with E-state index in [9.17, 15) is 14.7 Å². The Bertz CT molecular complexity index is 1150. The average Bonchev–Trinajstić information content (AvgIpc) is 3.25. The number of ketones is 1. The smallest absolute Gasteiger partial charge is 0.290 e. The summed E-state index contributed by atoms with van der Waals surface area (Å²) in [4.78, 5) is 33.9. The number of hydrogen-bond donors (Lipinski definition) is 1. The Morgan fingerprint density at radius 3 is 2.77 bits per heavy atom. The van der Waals surface area contributed by atoms with E-state index >= 15 is 0 Å². The minimum atomic E-state index is -0.803. The number of fused-ring (bicyclic) bond motifs is 1. The molecule has 30 heavy (non-hydrogen) atoms. The molecule has 1 atom stereocenters. The second-order valence-corrected chi connectivity index (χ2v) is 7.78. The molecule has 4 rings (SSSR count). The fourth-order valence-corrected chi connectivity index (χ4v) is 3.71. The van der Waals surface area contributed by atoms with Crippen LogP contribution in [0.2, 0.25) is 5.02 Å². The van der Waals surface area contributed by atoms with Crippen molar-refractivity contribution in [2.45, 2.75) is 6.04 Å². The zero-order valence-corrected chi connectivity index (χ0v) is 17.3. The molecule has 0 spiro atoms. The number of benzene rings is 1. The molecule has 3 heterocycles. The highest BCUT2D eigenvalue weighted by molar-refractivity contribution is 6.31. The molecule has 8 heteroatoms. The number of halogens is 1. The van der Waals surface area contributed by atoms with Crippen molar-refractivity contribution in [2.75, 3.05) is 27.2 Å². The Kier molecular flexibility index (Phi) is 5.32. The van der Waals surface area contributed by atoms with Crippen LogP contribution >= 0.6 is 11.6 Å². The highest BCUT2D eigenvalue weighted by atomic mass is 35.5. The minimum Gasteiger partial charge on any atom is -0.503 e. The first-order chi connectivity index (χ1) is 14.4. The number of amides is 1. The van der Waals surface area contributed by atoms with Crippen LogP contribution in [0.15, 0.2) is 64.4 Å². The van der Waals surface area contributed by atoms with Crippen molar-refractivity contribution >= 4 is 34.3 Å². The van der Waals surface area contributed by atoms with Crippen LogP contribution in [0.25, 0.3) is 11.0 Å². The second kappa shape index (κ2) is 7.93. The molecule has 0 saturated heterocycles. The van der Waals surface area contributed by atoms with Crippen LogP contribution in [-0.2, 0) is 4.79 Å². The van der Waals surface area contributed by atoms with Crippen molar-refractivity contribution in [1.29, 1.82) is 0 Å². The molecule has 1 aliphatic heterocycles. The third-order valence-electron chi connectivity index (χ3n) is 5.01. The van der Waals surface area contributed by atoms with Crippen molar-refractivity contribution in [2.24, 2.45) is 0 Å². The number of aliphatic hydroxyl groups is 1. The molecule has 7 nitrogen and oxygen atoms in total. The summed E-state index contributed by atoms with van der Waals surface area (Å²) in [7, 11) is 3.77. The largest absolute Gasteiger partial charge is 0.503 e. The number of rotatable bonds is 6. The predicted octanol–water partition coefficient (Wildman–Crippen LogP) is 3.62. The number of nitrogens with zero attached hydrogens (tertiary/aromatic N) is 3. The summed E-state index contributed by atoms with van der Waals surface area (Å²) in [5, 5.41) is 11.8. The van der Waals surface area contributed by atoms with E-state index in [4.69, 9.17) is 16.0 Å². The maximum absolute atomic E-state index is 13.4. The average molecular weight is 426 g/mol. The number of furan rings is 1. The zero-order valence-electron chi connectivity index (χ0n) is 16.5. The molecule has 1 aliphatic rings. The van der Waals surface area contributed by atoms with E-state index in [0.717, 1.165) is 0 Å². The molecule has 154 valence electrons. The van der Waals surface area contributed by atoms with Crippen LogP contribution in [0.4, 0.5) is 0 Å². The van der Waals surface area contributed by atoms with Gasteiger partial charge in [0.05, 0.1) is 11.3 Å². The van der Waals surface area contributed by atoms with Crippen LogP contribution in [0.5, 0.6) is 0 Å². The molecule has 3 aromatic rings. The lowest BCUT2D eigenvalue weighted by Gasteiger charge is -2.27. The van der Waals surface area contributed by atoms with E-state index in [-0.39, 0.29) is 11.3 Å². The van der Waals surface area contributed by atoms with Crippen molar-refractivity contribution in [3.05, 3.63) is 76.5 Å². The Labute approximate surface area is 178 Å². The molecule has 0 bridgehead atoms. The van der Waals surface area contributed by atoms with E-state index < -0.39 is 23.5 Å². The lowest BCUT2D eigenvalue weighted by atomic mass is 9.98. The lowest BCUT2D eigenvalue weighted by molar-refractivity contribution is -0.129. The monoisotopic (exact) mass is 425 g/mol. The first-order valence-electron chi connectivity index (χ1n) is 9.40. The van der Waals surface area contributed by atoms with Gasteiger partial charge in [-0.15, -0.1) is 0 Å². The van der Waals surface area contributed by atoms with E-state index in [1.807, 2.05) is 19.0 Å². The maximum Gasteiger partial charge on any atom is 0.290 e. The molecular weight excluding hydrogens is 406 g/mol. The van der Waals surface area contributed by atoms with Gasteiger partial charge < -0.3 is 19.3 Å². The Morgan fingerprint density at radius 1 is 1.27 bits per heavy atom. The quantitative estimate of drug-likeness (QED) is 0.607. The summed E-state index contributed by atoms with van der Waals surface area (Å²) in [6, 6.07) is 11.0. The van der Waals surface area contributed by atoms with Gasteiger partial charge in [-0.1, -0.05) is 17.7 Å². The number of likely N-dealkylation sites (N-methyl/N-ethyl adjacent to an activating group) is 1. The SMILES string of the molecule is CN(C)CCN1C(=O)C(O)=C(C(=O)c2cc3cc(Cl)ccc3o2)C1c1ccccn1. The van der Waals surface area contributed by atoms with Gasteiger partial charge in [0.15, 0.2) is 11.5 Å². The molecule has 0 radical (unpaired) electrons. The summed E-state index contributed by atoms with van der Waals surface area (Å²) in [6.07, 6.45) is 1.59. The van der Waals surface area contributed by atoms with Gasteiger partial charge >= 0.3 is 0 Å². The zero-order chi connectivity index (χ0) is 21.4. The van der Waals surface area contributed by atoms with Crippen LogP contribution in [0, 0.1) is 0 Å². The summed E-state index contributed by atoms with van der Waals surface area (Å²) in [5.41, 5.74) is 0.949. The molecule has 0 aliphatic carbocycles. The van der Waals surface area contributed by atoms with Crippen LogP contribution < -0.4 is 0 Å². The number of Topliss-reactive ketones (excluding diaryl/α,β-unsaturated/α-hetero) is 1. The summed E-state index contributed by atoms with van der Waals surface area (Å²) < 4.78 is 5.69. The Balaban J connectivity index is 1.78. The van der Waals surface area contributed by atoms with E-state index in [2.05, 4.69) is 4.98 Å². The number of aromatic nitrogens is 1. The van der Waals surface area contributed by atoms with Gasteiger partial charge in [-0.25, -0.2) is 0 Å². The summed E-state index contributed by atoms with van der Waals surface area (Å²) in [5.74, 6) is -1.71. The summed E-state index contributed by atoms with van der Waals surface area (Å²) >= 11 is 6.02. The third-order valence-corrected chi connectivity index (χ3v) is 5.24. The number of aliphatic hydroxyl groups excluding tert-OH is 1. The number of pyridine rings is 1.